The predicted octanol–water partition coefficient (Wildman–Crippen LogP) is 4.25. The Morgan fingerprint density at radius 1 is 1.28 bits per heavy atom. The van der Waals surface area contributed by atoms with Gasteiger partial charge in [-0.1, -0.05) is 26.0 Å². The number of fused-ring (bicyclic) bond motifs is 1. The number of aromatic nitrogens is 2. The first-order valence-electron chi connectivity index (χ1n) is 6.76. The number of imidazole rings is 1. The lowest BCUT2D eigenvalue weighted by atomic mass is 10.1. The maximum Gasteiger partial charge on any atom is 0.109 e. The lowest BCUT2D eigenvalue weighted by molar-refractivity contribution is 0.469. The molecule has 98 valence electrons. The molecule has 1 heterocycles. The summed E-state index contributed by atoms with van der Waals surface area (Å²) in [5.74, 6) is 2.62. The van der Waals surface area contributed by atoms with Gasteiger partial charge < -0.3 is 4.57 Å². The van der Waals surface area contributed by atoms with Crippen LogP contribution in [0.5, 0.6) is 0 Å². The van der Waals surface area contributed by atoms with Crippen LogP contribution >= 0.6 is 11.6 Å². The van der Waals surface area contributed by atoms with Gasteiger partial charge in [0.15, 0.2) is 0 Å². The highest BCUT2D eigenvalue weighted by Crippen LogP contribution is 2.19. The van der Waals surface area contributed by atoms with Gasteiger partial charge in [-0.05, 0) is 30.9 Å². The molecule has 0 aliphatic heterocycles. The predicted molar refractivity (Wildman–Crippen MR) is 78.2 cm³/mol. The van der Waals surface area contributed by atoms with Gasteiger partial charge in [0.25, 0.3) is 0 Å². The highest BCUT2D eigenvalue weighted by atomic mass is 35.5. The minimum absolute atomic E-state index is 0.674. The van der Waals surface area contributed by atoms with Crippen LogP contribution in [-0.4, -0.2) is 15.4 Å². The summed E-state index contributed by atoms with van der Waals surface area (Å²) in [7, 11) is 0. The molecule has 0 bridgehead atoms. The van der Waals surface area contributed by atoms with Gasteiger partial charge in [-0.25, -0.2) is 4.98 Å². The molecule has 3 heteroatoms. The van der Waals surface area contributed by atoms with Crippen molar-refractivity contribution in [3.05, 3.63) is 30.1 Å². The second kappa shape index (κ2) is 6.24. The third kappa shape index (κ3) is 2.86. The fourth-order valence-corrected chi connectivity index (χ4v) is 2.70. The first-order valence-corrected chi connectivity index (χ1v) is 7.29. The summed E-state index contributed by atoms with van der Waals surface area (Å²) < 4.78 is 2.36. The molecule has 0 N–H and O–H groups in total. The molecule has 0 fully saturated rings. The van der Waals surface area contributed by atoms with Crippen molar-refractivity contribution in [2.45, 2.75) is 39.7 Å². The molecule has 2 aromatic rings. The third-order valence-corrected chi connectivity index (χ3v) is 3.72. The van der Waals surface area contributed by atoms with Gasteiger partial charge in [0, 0.05) is 18.8 Å². The van der Waals surface area contributed by atoms with Crippen LogP contribution < -0.4 is 0 Å². The Kier molecular flexibility index (Phi) is 4.65. The number of rotatable bonds is 6. The fraction of sp³-hybridized carbons (Fsp3) is 0.533. The Balaban J connectivity index is 2.20. The van der Waals surface area contributed by atoms with Crippen LogP contribution in [0.4, 0.5) is 0 Å². The summed E-state index contributed by atoms with van der Waals surface area (Å²) in [6, 6.07) is 8.39. The quantitative estimate of drug-likeness (QED) is 0.713. The summed E-state index contributed by atoms with van der Waals surface area (Å²) in [4.78, 5) is 4.69. The Morgan fingerprint density at radius 3 is 2.78 bits per heavy atom. The van der Waals surface area contributed by atoms with Gasteiger partial charge in [-0.15, -0.1) is 11.6 Å². The second-order valence-corrected chi connectivity index (χ2v) is 5.27. The summed E-state index contributed by atoms with van der Waals surface area (Å²) in [6.45, 7) is 5.48. The number of para-hydroxylation sites is 2. The van der Waals surface area contributed by atoms with Crippen molar-refractivity contribution in [2.24, 2.45) is 5.92 Å². The Hall–Kier alpha value is -1.02. The molecule has 18 heavy (non-hydrogen) atoms. The molecular weight excluding hydrogens is 244 g/mol. The van der Waals surface area contributed by atoms with Crippen molar-refractivity contribution in [1.82, 2.24) is 9.55 Å². The van der Waals surface area contributed by atoms with Gasteiger partial charge >= 0.3 is 0 Å². The Bertz CT molecular complexity index is 504. The molecule has 0 radical (unpaired) electrons. The van der Waals surface area contributed by atoms with Gasteiger partial charge in [-0.3, -0.25) is 0 Å². The van der Waals surface area contributed by atoms with Crippen molar-refractivity contribution >= 4 is 22.6 Å². The lowest BCUT2D eigenvalue weighted by Crippen LogP contribution is -2.07. The van der Waals surface area contributed by atoms with Crippen LogP contribution in [0.15, 0.2) is 24.3 Å². The minimum Gasteiger partial charge on any atom is -0.328 e. The molecule has 2 rings (SSSR count). The summed E-state index contributed by atoms with van der Waals surface area (Å²) in [5, 5.41) is 0. The second-order valence-electron chi connectivity index (χ2n) is 4.89. The smallest absolute Gasteiger partial charge is 0.109 e. The summed E-state index contributed by atoms with van der Waals surface area (Å²) >= 11 is 5.79. The zero-order valence-electron chi connectivity index (χ0n) is 11.2. The molecule has 1 atom stereocenters. The van der Waals surface area contributed by atoms with E-state index in [9.17, 15) is 0 Å². The first kappa shape index (κ1) is 13.4. The highest BCUT2D eigenvalue weighted by molar-refractivity contribution is 6.17. The van der Waals surface area contributed by atoms with E-state index in [4.69, 9.17) is 16.6 Å². The molecule has 0 saturated heterocycles. The molecule has 1 aromatic heterocycles. The Labute approximate surface area is 114 Å². The van der Waals surface area contributed by atoms with Crippen LogP contribution in [-0.2, 0) is 13.0 Å². The molecule has 0 spiro atoms. The normalized spacial score (nSPS) is 13.1. The number of hydrogen-bond donors (Lipinski definition) is 0. The average molecular weight is 265 g/mol. The summed E-state index contributed by atoms with van der Waals surface area (Å²) in [5.41, 5.74) is 2.37. The molecule has 0 amide bonds. The van der Waals surface area contributed by atoms with Gasteiger partial charge in [0.1, 0.15) is 5.82 Å². The van der Waals surface area contributed by atoms with Crippen molar-refractivity contribution in [2.75, 3.05) is 5.88 Å². The first-order chi connectivity index (χ1) is 8.76. The van der Waals surface area contributed by atoms with E-state index in [0.29, 0.717) is 5.92 Å². The van der Waals surface area contributed by atoms with Gasteiger partial charge in [-0.2, -0.15) is 0 Å². The van der Waals surface area contributed by atoms with Crippen LogP contribution in [0, 0.1) is 5.92 Å². The largest absolute Gasteiger partial charge is 0.328 e. The molecule has 0 saturated carbocycles. The van der Waals surface area contributed by atoms with E-state index in [2.05, 4.69) is 42.7 Å². The fourth-order valence-electron chi connectivity index (χ4n) is 2.32. The number of aryl methyl sites for hydroxylation is 2. The van der Waals surface area contributed by atoms with E-state index in [1.165, 1.54) is 17.8 Å². The monoisotopic (exact) mass is 264 g/mol. The van der Waals surface area contributed by atoms with E-state index in [1.807, 2.05) is 0 Å². The molecule has 1 unspecified atom stereocenters. The van der Waals surface area contributed by atoms with Crippen LogP contribution in [0.25, 0.3) is 11.0 Å². The molecule has 1 aromatic carbocycles. The van der Waals surface area contributed by atoms with Crippen LogP contribution in [0.3, 0.4) is 0 Å². The molecule has 0 aliphatic carbocycles. The van der Waals surface area contributed by atoms with E-state index >= 15 is 0 Å². The maximum atomic E-state index is 5.79. The molecule has 0 aliphatic rings. The van der Waals surface area contributed by atoms with E-state index < -0.39 is 0 Å². The average Bonchev–Trinajstić information content (AvgIpc) is 2.74. The summed E-state index contributed by atoms with van der Waals surface area (Å²) in [6.07, 6.45) is 3.24. The van der Waals surface area contributed by atoms with Crippen molar-refractivity contribution < 1.29 is 0 Å². The van der Waals surface area contributed by atoms with Crippen molar-refractivity contribution in [3.63, 3.8) is 0 Å². The number of halogens is 1. The Morgan fingerprint density at radius 2 is 2.06 bits per heavy atom. The topological polar surface area (TPSA) is 17.8 Å². The maximum absolute atomic E-state index is 5.79. The highest BCUT2D eigenvalue weighted by Gasteiger charge is 2.09. The number of alkyl halides is 1. The lowest BCUT2D eigenvalue weighted by Gasteiger charge is -2.12. The van der Waals surface area contributed by atoms with Crippen LogP contribution in [0.2, 0.25) is 0 Å². The third-order valence-electron chi connectivity index (χ3n) is 3.50. The van der Waals surface area contributed by atoms with E-state index in [-0.39, 0.29) is 0 Å². The number of hydrogen-bond acceptors (Lipinski definition) is 1. The van der Waals surface area contributed by atoms with Gasteiger partial charge in [0.2, 0.25) is 0 Å². The zero-order valence-corrected chi connectivity index (χ0v) is 12.0. The van der Waals surface area contributed by atoms with E-state index in [0.717, 1.165) is 30.8 Å². The molecule has 2 nitrogen and oxygen atoms in total. The number of nitrogens with zero attached hydrogens (tertiary/aromatic N) is 2. The van der Waals surface area contributed by atoms with Crippen molar-refractivity contribution in [3.8, 4) is 0 Å². The van der Waals surface area contributed by atoms with Gasteiger partial charge in [0.05, 0.1) is 11.0 Å². The van der Waals surface area contributed by atoms with Crippen molar-refractivity contribution in [1.29, 1.82) is 0 Å². The molecular formula is C15H21ClN2. The van der Waals surface area contributed by atoms with Crippen LogP contribution in [0.1, 0.15) is 32.5 Å². The SMILES string of the molecule is CCc1nc2ccccc2n1CCC(C)CCCl. The number of benzene rings is 1. The minimum atomic E-state index is 0.674. The van der Waals surface area contributed by atoms with E-state index in [1.54, 1.807) is 0 Å². The standard InChI is InChI=1S/C15H21ClN2/c1-3-15-17-13-6-4-5-7-14(13)18(15)11-9-12(2)8-10-16/h4-7,12H,3,8-11H2,1-2H3. The zero-order chi connectivity index (χ0) is 13.0.